The Morgan fingerprint density at radius 3 is 3.00 bits per heavy atom. The van der Waals surface area contributed by atoms with Crippen LogP contribution in [0, 0.1) is 0 Å². The lowest BCUT2D eigenvalue weighted by atomic mass is 10.2. The fraction of sp³-hybridized carbons (Fsp3) is 0.0769. The summed E-state index contributed by atoms with van der Waals surface area (Å²) in [4.78, 5) is 4.29. The molecule has 0 N–H and O–H groups in total. The smallest absolute Gasteiger partial charge is 0.126 e. The second-order valence-corrected chi connectivity index (χ2v) is 5.77. The van der Waals surface area contributed by atoms with Gasteiger partial charge in [-0.1, -0.05) is 6.07 Å². The van der Waals surface area contributed by atoms with Gasteiger partial charge in [-0.3, -0.25) is 4.68 Å². The highest BCUT2D eigenvalue weighted by Crippen LogP contribution is 2.21. The van der Waals surface area contributed by atoms with E-state index in [1.165, 1.54) is 17.3 Å². The molecule has 3 aromatic heterocycles. The monoisotopic (exact) mass is 299 g/mol. The fourth-order valence-electron chi connectivity index (χ4n) is 2.04. The first kappa shape index (κ1) is 11.7. The van der Waals surface area contributed by atoms with Crippen molar-refractivity contribution >= 4 is 34.1 Å². The van der Waals surface area contributed by atoms with Crippen molar-refractivity contribution in [1.29, 1.82) is 0 Å². The second-order valence-electron chi connectivity index (χ2n) is 4.35. The molecule has 0 bridgehead atoms. The summed E-state index contributed by atoms with van der Waals surface area (Å²) in [5.74, 6) is 0. The molecule has 0 amide bonds. The van der Waals surface area contributed by atoms with Crippen molar-refractivity contribution in [3.8, 4) is 10.6 Å². The Labute approximate surface area is 122 Å². The Hall–Kier alpha value is -2.12. The maximum Gasteiger partial charge on any atom is 0.126 e. The minimum absolute atomic E-state index is 0.721. The third-order valence-electron chi connectivity index (χ3n) is 2.98. The molecule has 4 rings (SSSR count). The molecule has 0 spiro atoms. The van der Waals surface area contributed by atoms with Crippen molar-refractivity contribution in [1.82, 2.24) is 23.5 Å². The van der Waals surface area contributed by atoms with E-state index in [0.717, 1.165) is 28.1 Å². The summed E-state index contributed by atoms with van der Waals surface area (Å²) in [5.41, 5.74) is 4.11. The lowest BCUT2D eigenvalue weighted by molar-refractivity contribution is 0.687. The van der Waals surface area contributed by atoms with Gasteiger partial charge in [0.15, 0.2) is 0 Å². The van der Waals surface area contributed by atoms with Crippen LogP contribution < -0.4 is 0 Å². The number of hydrogen-bond acceptors (Lipinski definition) is 6. The number of benzene rings is 1. The molecular formula is C13H9N5S2. The van der Waals surface area contributed by atoms with Gasteiger partial charge in [-0.2, -0.15) is 13.8 Å². The highest BCUT2D eigenvalue weighted by atomic mass is 32.1. The van der Waals surface area contributed by atoms with E-state index in [-0.39, 0.29) is 0 Å². The summed E-state index contributed by atoms with van der Waals surface area (Å²) >= 11 is 2.86. The molecule has 3 heterocycles. The molecule has 0 aliphatic carbocycles. The molecule has 7 heteroatoms. The number of thiazole rings is 1. The van der Waals surface area contributed by atoms with Gasteiger partial charge in [-0.25, -0.2) is 4.98 Å². The summed E-state index contributed by atoms with van der Waals surface area (Å²) < 4.78 is 10.4. The molecule has 0 unspecified atom stereocenters. The van der Waals surface area contributed by atoms with E-state index >= 15 is 0 Å². The lowest BCUT2D eigenvalue weighted by Crippen LogP contribution is -1.99. The van der Waals surface area contributed by atoms with Crippen molar-refractivity contribution in [3.63, 3.8) is 0 Å². The van der Waals surface area contributed by atoms with Gasteiger partial charge in [0.2, 0.25) is 0 Å². The normalized spacial score (nSPS) is 11.2. The lowest BCUT2D eigenvalue weighted by Gasteiger charge is -2.01. The number of rotatable bonds is 3. The van der Waals surface area contributed by atoms with Crippen LogP contribution >= 0.6 is 23.1 Å². The first-order valence-corrected chi connectivity index (χ1v) is 7.63. The molecule has 0 atom stereocenters. The topological polar surface area (TPSA) is 56.5 Å². The summed E-state index contributed by atoms with van der Waals surface area (Å²) in [5, 5.41) is 7.35. The predicted octanol–water partition coefficient (Wildman–Crippen LogP) is 3.06. The Morgan fingerprint density at radius 1 is 1.15 bits per heavy atom. The third-order valence-corrected chi connectivity index (χ3v) is 4.35. The van der Waals surface area contributed by atoms with Gasteiger partial charge in [0.1, 0.15) is 16.0 Å². The molecule has 0 radical (unpaired) electrons. The van der Waals surface area contributed by atoms with Crippen LogP contribution in [0.5, 0.6) is 0 Å². The molecule has 0 saturated heterocycles. The number of fused-ring (bicyclic) bond motifs is 1. The minimum Gasteiger partial charge on any atom is -0.268 e. The summed E-state index contributed by atoms with van der Waals surface area (Å²) in [7, 11) is 0. The fourth-order valence-corrected chi connectivity index (χ4v) is 3.17. The molecule has 5 nitrogen and oxygen atoms in total. The van der Waals surface area contributed by atoms with Crippen LogP contribution in [0.15, 0.2) is 42.2 Å². The molecule has 0 fully saturated rings. The maximum atomic E-state index is 4.39. The van der Waals surface area contributed by atoms with Gasteiger partial charge in [0.05, 0.1) is 24.5 Å². The number of nitrogens with zero attached hydrogens (tertiary/aromatic N) is 5. The zero-order valence-electron chi connectivity index (χ0n) is 10.3. The van der Waals surface area contributed by atoms with Crippen LogP contribution in [-0.4, -0.2) is 23.5 Å². The first-order chi connectivity index (χ1) is 9.88. The standard InChI is InChI=1S/C13H9N5S2/c1-2-11-12(17-20-16-11)5-9(1)7-18-8-10(6-15-18)13-14-3-4-19-13/h1-6,8H,7H2. The Kier molecular flexibility index (Phi) is 2.79. The van der Waals surface area contributed by atoms with Crippen LogP contribution in [0.25, 0.3) is 21.6 Å². The number of hydrogen-bond donors (Lipinski definition) is 0. The predicted molar refractivity (Wildman–Crippen MR) is 79.9 cm³/mol. The molecule has 0 aliphatic rings. The van der Waals surface area contributed by atoms with Gasteiger partial charge in [-0.15, -0.1) is 11.3 Å². The van der Waals surface area contributed by atoms with E-state index in [1.54, 1.807) is 17.5 Å². The van der Waals surface area contributed by atoms with E-state index in [0.29, 0.717) is 0 Å². The summed E-state index contributed by atoms with van der Waals surface area (Å²) in [6.45, 7) is 0.721. The molecule has 4 aromatic rings. The quantitative estimate of drug-likeness (QED) is 0.583. The first-order valence-electron chi connectivity index (χ1n) is 6.02. The van der Waals surface area contributed by atoms with Crippen LogP contribution in [0.1, 0.15) is 5.56 Å². The van der Waals surface area contributed by atoms with Crippen LogP contribution in [0.4, 0.5) is 0 Å². The molecule has 0 saturated carbocycles. The van der Waals surface area contributed by atoms with Crippen LogP contribution in [-0.2, 0) is 6.54 Å². The van der Waals surface area contributed by atoms with E-state index in [2.05, 4.69) is 31.0 Å². The average Bonchev–Trinajstić information content (AvgIpc) is 3.19. The van der Waals surface area contributed by atoms with Crippen molar-refractivity contribution in [3.05, 3.63) is 47.7 Å². The minimum atomic E-state index is 0.721. The number of aromatic nitrogens is 5. The van der Waals surface area contributed by atoms with E-state index < -0.39 is 0 Å². The molecule has 98 valence electrons. The van der Waals surface area contributed by atoms with Crippen LogP contribution in [0.3, 0.4) is 0 Å². The molecule has 20 heavy (non-hydrogen) atoms. The van der Waals surface area contributed by atoms with Gasteiger partial charge in [-0.05, 0) is 17.7 Å². The Bertz CT molecular complexity index is 847. The highest BCUT2D eigenvalue weighted by Gasteiger charge is 2.05. The maximum absolute atomic E-state index is 4.39. The third kappa shape index (κ3) is 2.10. The van der Waals surface area contributed by atoms with Gasteiger partial charge < -0.3 is 0 Å². The van der Waals surface area contributed by atoms with Crippen LogP contribution in [0.2, 0.25) is 0 Å². The van der Waals surface area contributed by atoms with Crippen molar-refractivity contribution in [2.75, 3.05) is 0 Å². The molecular weight excluding hydrogens is 290 g/mol. The summed E-state index contributed by atoms with van der Waals surface area (Å²) in [6, 6.07) is 6.12. The Morgan fingerprint density at radius 2 is 2.10 bits per heavy atom. The largest absolute Gasteiger partial charge is 0.268 e. The van der Waals surface area contributed by atoms with Gasteiger partial charge in [0.25, 0.3) is 0 Å². The zero-order valence-corrected chi connectivity index (χ0v) is 11.9. The second kappa shape index (κ2) is 4.77. The zero-order chi connectivity index (χ0) is 13.4. The van der Waals surface area contributed by atoms with Gasteiger partial charge in [0, 0.05) is 23.3 Å². The Balaban J connectivity index is 1.62. The van der Waals surface area contributed by atoms with E-state index in [9.17, 15) is 0 Å². The van der Waals surface area contributed by atoms with E-state index in [1.807, 2.05) is 28.5 Å². The van der Waals surface area contributed by atoms with Gasteiger partial charge >= 0.3 is 0 Å². The highest BCUT2D eigenvalue weighted by molar-refractivity contribution is 7.13. The molecule has 1 aromatic carbocycles. The SMILES string of the molecule is c1csc(-c2cnn(Cc3ccc4nsnc4c3)c2)n1. The van der Waals surface area contributed by atoms with Crippen molar-refractivity contribution in [2.24, 2.45) is 0 Å². The van der Waals surface area contributed by atoms with E-state index in [4.69, 9.17) is 0 Å². The summed E-state index contributed by atoms with van der Waals surface area (Å²) in [6.07, 6.45) is 5.67. The van der Waals surface area contributed by atoms with Crippen molar-refractivity contribution in [2.45, 2.75) is 6.54 Å². The molecule has 0 aliphatic heterocycles. The van der Waals surface area contributed by atoms with Crippen molar-refractivity contribution < 1.29 is 0 Å². The average molecular weight is 299 g/mol.